The first-order chi connectivity index (χ1) is 13.1. The lowest BCUT2D eigenvalue weighted by Gasteiger charge is -2.28. The molecular formula is C21H21N3O3. The summed E-state index contributed by atoms with van der Waals surface area (Å²) in [5.74, 6) is 0.430. The number of fused-ring (bicyclic) bond motifs is 1. The van der Waals surface area contributed by atoms with Crippen LogP contribution in [0.15, 0.2) is 53.1 Å². The van der Waals surface area contributed by atoms with Crippen molar-refractivity contribution in [3.8, 4) is 11.5 Å². The molecule has 2 unspecified atom stereocenters. The van der Waals surface area contributed by atoms with Crippen LogP contribution < -0.4 is 10.6 Å². The number of rotatable bonds is 4. The number of nitrogens with zero attached hydrogens (tertiary/aromatic N) is 1. The van der Waals surface area contributed by atoms with Crippen LogP contribution in [0.1, 0.15) is 23.7 Å². The number of furan rings is 1. The number of benzene rings is 1. The van der Waals surface area contributed by atoms with Crippen molar-refractivity contribution in [2.75, 3.05) is 13.1 Å². The SMILES string of the molecule is CC1CCNC(=O)C1CNC(=O)c1cc(-c2ccco2)nc2ccccc12. The largest absolute Gasteiger partial charge is 0.463 e. The van der Waals surface area contributed by atoms with Crippen molar-refractivity contribution in [2.24, 2.45) is 11.8 Å². The highest BCUT2D eigenvalue weighted by Crippen LogP contribution is 2.25. The molecule has 0 saturated carbocycles. The summed E-state index contributed by atoms with van der Waals surface area (Å²) in [6.45, 7) is 3.07. The van der Waals surface area contributed by atoms with Gasteiger partial charge in [0.05, 0.1) is 23.3 Å². The van der Waals surface area contributed by atoms with E-state index in [1.54, 1.807) is 18.4 Å². The van der Waals surface area contributed by atoms with E-state index < -0.39 is 0 Å². The number of hydrogen-bond donors (Lipinski definition) is 2. The lowest BCUT2D eigenvalue weighted by molar-refractivity contribution is -0.128. The predicted octanol–water partition coefficient (Wildman–Crippen LogP) is 3.00. The van der Waals surface area contributed by atoms with Gasteiger partial charge in [-0.1, -0.05) is 25.1 Å². The van der Waals surface area contributed by atoms with E-state index in [9.17, 15) is 9.59 Å². The van der Waals surface area contributed by atoms with Crippen molar-refractivity contribution in [1.82, 2.24) is 15.6 Å². The number of amides is 2. The smallest absolute Gasteiger partial charge is 0.252 e. The number of para-hydroxylation sites is 1. The maximum Gasteiger partial charge on any atom is 0.252 e. The highest BCUT2D eigenvalue weighted by molar-refractivity contribution is 6.07. The Balaban J connectivity index is 1.63. The summed E-state index contributed by atoms with van der Waals surface area (Å²) >= 11 is 0. The lowest BCUT2D eigenvalue weighted by Crippen LogP contribution is -2.46. The molecule has 27 heavy (non-hydrogen) atoms. The van der Waals surface area contributed by atoms with Crippen molar-refractivity contribution >= 4 is 22.7 Å². The van der Waals surface area contributed by atoms with E-state index >= 15 is 0 Å². The highest BCUT2D eigenvalue weighted by atomic mass is 16.3. The van der Waals surface area contributed by atoms with Crippen LogP contribution in [-0.4, -0.2) is 29.9 Å². The van der Waals surface area contributed by atoms with E-state index in [2.05, 4.69) is 15.6 Å². The molecular weight excluding hydrogens is 342 g/mol. The maximum absolute atomic E-state index is 12.9. The van der Waals surface area contributed by atoms with Gasteiger partial charge in [0.25, 0.3) is 5.91 Å². The minimum Gasteiger partial charge on any atom is -0.463 e. The van der Waals surface area contributed by atoms with E-state index in [0.29, 0.717) is 30.1 Å². The molecule has 1 fully saturated rings. The second-order valence-electron chi connectivity index (χ2n) is 6.92. The molecule has 0 aliphatic carbocycles. The maximum atomic E-state index is 12.9. The molecule has 4 rings (SSSR count). The minimum absolute atomic E-state index is 0.00455. The third-order valence-electron chi connectivity index (χ3n) is 5.14. The van der Waals surface area contributed by atoms with Crippen LogP contribution in [0.4, 0.5) is 0 Å². The third-order valence-corrected chi connectivity index (χ3v) is 5.14. The normalized spacial score (nSPS) is 19.7. The molecule has 138 valence electrons. The Kier molecular flexibility index (Phi) is 4.62. The van der Waals surface area contributed by atoms with E-state index in [4.69, 9.17) is 4.42 Å². The van der Waals surface area contributed by atoms with E-state index in [-0.39, 0.29) is 23.7 Å². The van der Waals surface area contributed by atoms with Crippen LogP contribution in [-0.2, 0) is 4.79 Å². The molecule has 1 aliphatic rings. The number of aromatic nitrogens is 1. The van der Waals surface area contributed by atoms with E-state index in [1.807, 2.05) is 37.3 Å². The van der Waals surface area contributed by atoms with Crippen molar-refractivity contribution in [3.05, 3.63) is 54.3 Å². The molecule has 1 aliphatic heterocycles. The fourth-order valence-corrected chi connectivity index (χ4v) is 3.52. The van der Waals surface area contributed by atoms with Gasteiger partial charge >= 0.3 is 0 Å². The van der Waals surface area contributed by atoms with Crippen molar-refractivity contribution in [3.63, 3.8) is 0 Å². The second-order valence-corrected chi connectivity index (χ2v) is 6.92. The molecule has 2 aromatic heterocycles. The number of hydrogen-bond acceptors (Lipinski definition) is 4. The van der Waals surface area contributed by atoms with Crippen molar-refractivity contribution in [1.29, 1.82) is 0 Å². The fourth-order valence-electron chi connectivity index (χ4n) is 3.52. The first kappa shape index (κ1) is 17.3. The summed E-state index contributed by atoms with van der Waals surface area (Å²) in [5, 5.41) is 6.58. The van der Waals surface area contributed by atoms with Gasteiger partial charge in [0.2, 0.25) is 5.91 Å². The average Bonchev–Trinajstić information content (AvgIpc) is 3.21. The van der Waals surface area contributed by atoms with Crippen LogP contribution in [0, 0.1) is 11.8 Å². The standard InChI is InChI=1S/C21H21N3O3/c1-13-8-9-22-21(26)16(13)12-23-20(25)15-11-18(19-7-4-10-27-19)24-17-6-3-2-5-14(15)17/h2-7,10-11,13,16H,8-9,12H2,1H3,(H,22,26)(H,23,25). The number of carbonyl (C=O) groups excluding carboxylic acids is 2. The quantitative estimate of drug-likeness (QED) is 0.746. The van der Waals surface area contributed by atoms with Gasteiger partial charge in [-0.05, 0) is 36.6 Å². The monoisotopic (exact) mass is 363 g/mol. The van der Waals surface area contributed by atoms with Crippen LogP contribution in [0.5, 0.6) is 0 Å². The molecule has 2 amide bonds. The van der Waals surface area contributed by atoms with Gasteiger partial charge in [-0.3, -0.25) is 9.59 Å². The lowest BCUT2D eigenvalue weighted by atomic mass is 9.87. The summed E-state index contributed by atoms with van der Waals surface area (Å²) in [6.07, 6.45) is 2.50. The zero-order chi connectivity index (χ0) is 18.8. The van der Waals surface area contributed by atoms with Gasteiger partial charge in [0.15, 0.2) is 5.76 Å². The molecule has 2 N–H and O–H groups in total. The molecule has 1 saturated heterocycles. The Morgan fingerprint density at radius 3 is 2.93 bits per heavy atom. The number of pyridine rings is 1. The Bertz CT molecular complexity index is 982. The first-order valence-electron chi connectivity index (χ1n) is 9.13. The summed E-state index contributed by atoms with van der Waals surface area (Å²) in [4.78, 5) is 29.6. The molecule has 0 spiro atoms. The Morgan fingerprint density at radius 1 is 1.30 bits per heavy atom. The first-order valence-corrected chi connectivity index (χ1v) is 9.13. The van der Waals surface area contributed by atoms with Crippen LogP contribution >= 0.6 is 0 Å². The van der Waals surface area contributed by atoms with Crippen molar-refractivity contribution in [2.45, 2.75) is 13.3 Å². The van der Waals surface area contributed by atoms with E-state index in [1.165, 1.54) is 0 Å². The van der Waals surface area contributed by atoms with Gasteiger partial charge in [-0.15, -0.1) is 0 Å². The summed E-state index contributed by atoms with van der Waals surface area (Å²) in [7, 11) is 0. The van der Waals surface area contributed by atoms with Gasteiger partial charge in [0.1, 0.15) is 5.69 Å². The molecule has 6 heteroatoms. The zero-order valence-electron chi connectivity index (χ0n) is 15.1. The van der Waals surface area contributed by atoms with Gasteiger partial charge in [0, 0.05) is 18.5 Å². The zero-order valence-corrected chi connectivity index (χ0v) is 15.1. The van der Waals surface area contributed by atoms with E-state index in [0.717, 1.165) is 17.3 Å². The molecule has 6 nitrogen and oxygen atoms in total. The fraction of sp³-hybridized carbons (Fsp3) is 0.286. The number of nitrogens with one attached hydrogen (secondary N) is 2. The Labute approximate surface area is 157 Å². The molecule has 0 bridgehead atoms. The third kappa shape index (κ3) is 3.43. The summed E-state index contributed by atoms with van der Waals surface area (Å²) < 4.78 is 5.44. The molecule has 1 aromatic carbocycles. The highest BCUT2D eigenvalue weighted by Gasteiger charge is 2.29. The molecule has 2 atom stereocenters. The summed E-state index contributed by atoms with van der Waals surface area (Å²) in [6, 6.07) is 12.8. The van der Waals surface area contributed by atoms with Gasteiger partial charge in [-0.2, -0.15) is 0 Å². The molecule has 3 aromatic rings. The van der Waals surface area contributed by atoms with Crippen LogP contribution in [0.25, 0.3) is 22.4 Å². The molecule has 3 heterocycles. The Morgan fingerprint density at radius 2 is 2.15 bits per heavy atom. The van der Waals surface area contributed by atoms with Crippen LogP contribution in [0.3, 0.4) is 0 Å². The second kappa shape index (κ2) is 7.23. The number of carbonyl (C=O) groups is 2. The van der Waals surface area contributed by atoms with Gasteiger partial charge in [-0.25, -0.2) is 4.98 Å². The molecule has 0 radical (unpaired) electrons. The average molecular weight is 363 g/mol. The van der Waals surface area contributed by atoms with Gasteiger partial charge < -0.3 is 15.1 Å². The predicted molar refractivity (Wildman–Crippen MR) is 102 cm³/mol. The number of piperidine rings is 1. The van der Waals surface area contributed by atoms with Crippen LogP contribution in [0.2, 0.25) is 0 Å². The Hall–Kier alpha value is -3.15. The van der Waals surface area contributed by atoms with Crippen molar-refractivity contribution < 1.29 is 14.0 Å². The topological polar surface area (TPSA) is 84.2 Å². The summed E-state index contributed by atoms with van der Waals surface area (Å²) in [5.41, 5.74) is 1.85. The minimum atomic E-state index is -0.216.